The maximum Gasteiger partial charge on any atom is 0.254 e. The predicted octanol–water partition coefficient (Wildman–Crippen LogP) is 5.07. The third kappa shape index (κ3) is 8.77. The first kappa shape index (κ1) is 39.9. The quantitative estimate of drug-likeness (QED) is 0.0818. The van der Waals surface area contributed by atoms with Crippen molar-refractivity contribution in [1.82, 2.24) is 4.90 Å². The van der Waals surface area contributed by atoms with E-state index in [1.165, 1.54) is 0 Å². The summed E-state index contributed by atoms with van der Waals surface area (Å²) in [5.41, 5.74) is 3.17. The van der Waals surface area contributed by atoms with Crippen molar-refractivity contribution in [3.8, 4) is 17.6 Å². The molecule has 6 unspecified atom stereocenters. The minimum atomic E-state index is -1.47. The highest BCUT2D eigenvalue weighted by molar-refractivity contribution is 6.03. The van der Waals surface area contributed by atoms with Gasteiger partial charge in [-0.05, 0) is 92.5 Å². The van der Waals surface area contributed by atoms with Gasteiger partial charge in [-0.2, -0.15) is 5.26 Å². The number of fused-ring (bicyclic) bond motifs is 2. The summed E-state index contributed by atoms with van der Waals surface area (Å²) >= 11 is 0. The molecular weight excluding hydrogens is 678 g/mol. The van der Waals surface area contributed by atoms with Gasteiger partial charge in [-0.1, -0.05) is 30.1 Å². The highest BCUT2D eigenvalue weighted by atomic mass is 16.7. The Bertz CT molecular complexity index is 1640. The zero-order valence-electron chi connectivity index (χ0n) is 30.6. The number of nitrogens with zero attached hydrogens (tertiary/aromatic N) is 3. The van der Waals surface area contributed by atoms with Crippen LogP contribution in [-0.2, 0) is 14.3 Å². The van der Waals surface area contributed by atoms with Gasteiger partial charge in [0.1, 0.15) is 24.1 Å². The van der Waals surface area contributed by atoms with Gasteiger partial charge >= 0.3 is 0 Å². The van der Waals surface area contributed by atoms with Crippen LogP contribution in [0.1, 0.15) is 79.3 Å². The molecule has 0 aromatic heterocycles. The number of rotatable bonds is 20. The topological polar surface area (TPSA) is 174 Å². The first-order valence-electron chi connectivity index (χ1n) is 18.8. The van der Waals surface area contributed by atoms with Crippen molar-refractivity contribution in [3.05, 3.63) is 83.5 Å². The average Bonchev–Trinajstić information content (AvgIpc) is 3.17. The lowest BCUT2D eigenvalue weighted by molar-refractivity contribution is -0.254. The minimum absolute atomic E-state index is 0.0211. The van der Waals surface area contributed by atoms with Crippen molar-refractivity contribution >= 4 is 11.6 Å². The molecule has 2 aliphatic carbocycles. The Hall–Kier alpha value is -4.25. The molecule has 6 atom stereocenters. The number of amides is 1. The number of ether oxygens (including phenoxy) is 3. The molecular formula is C41H53N3O9. The Balaban J connectivity index is 1.76. The molecule has 286 valence electrons. The lowest BCUT2D eigenvalue weighted by Gasteiger charge is -2.60. The summed E-state index contributed by atoms with van der Waals surface area (Å²) in [5.74, 6) is -1.86. The Morgan fingerprint density at radius 1 is 1.08 bits per heavy atom. The molecule has 12 heteroatoms. The predicted molar refractivity (Wildman–Crippen MR) is 198 cm³/mol. The van der Waals surface area contributed by atoms with Crippen LogP contribution in [0.2, 0.25) is 0 Å². The molecule has 1 heterocycles. The monoisotopic (exact) mass is 731 g/mol. The summed E-state index contributed by atoms with van der Waals surface area (Å²) in [7, 11) is 0. The number of phenolic OH excluding ortho intramolecular Hbond substituents is 1. The summed E-state index contributed by atoms with van der Waals surface area (Å²) in [6.07, 6.45) is 8.58. The number of benzene rings is 2. The first-order valence-corrected chi connectivity index (χ1v) is 18.8. The van der Waals surface area contributed by atoms with Crippen LogP contribution in [0.25, 0.3) is 0 Å². The molecule has 1 saturated carbocycles. The summed E-state index contributed by atoms with van der Waals surface area (Å²) in [6.45, 7) is 6.57. The van der Waals surface area contributed by atoms with Crippen molar-refractivity contribution in [2.75, 3.05) is 52.8 Å². The van der Waals surface area contributed by atoms with Crippen LogP contribution in [0.15, 0.2) is 71.9 Å². The number of allylic oxidation sites excluding steroid dienone is 1. The van der Waals surface area contributed by atoms with Crippen LogP contribution in [0.3, 0.4) is 0 Å². The maximum atomic E-state index is 14.7. The van der Waals surface area contributed by atoms with Crippen LogP contribution in [0, 0.1) is 29.1 Å². The lowest BCUT2D eigenvalue weighted by atomic mass is 9.55. The van der Waals surface area contributed by atoms with Gasteiger partial charge in [0, 0.05) is 43.2 Å². The molecule has 1 aliphatic heterocycles. The highest BCUT2D eigenvalue weighted by Crippen LogP contribution is 2.61. The van der Waals surface area contributed by atoms with Crippen LogP contribution < -0.4 is 4.74 Å². The Kier molecular flexibility index (Phi) is 14.5. The Labute approximate surface area is 311 Å². The fourth-order valence-corrected chi connectivity index (χ4v) is 8.38. The van der Waals surface area contributed by atoms with Crippen molar-refractivity contribution in [3.63, 3.8) is 0 Å². The van der Waals surface area contributed by atoms with E-state index in [0.717, 1.165) is 36.8 Å². The standard InChI is InChI=1S/C41H53N3O9/c1-3-21-51-41-37(44(17-22-50-23-20-47)40(49)29-13-11-28(27-42)12-14-29)26-35(43-52-4-2)33-24-30(9-5-7-18-45)32(10-6-8-19-46)38(39(33)41)34-25-31(48)15-16-36(34)53-41/h3,11-16,24-25,30,32,37-39,45-48H,1,4-10,17-23,26H2,2H3. The molecule has 0 spiro atoms. The van der Waals surface area contributed by atoms with E-state index < -0.39 is 17.7 Å². The normalized spacial score (nSPS) is 25.0. The fourth-order valence-electron chi connectivity index (χ4n) is 8.38. The molecule has 0 radical (unpaired) electrons. The molecule has 12 nitrogen and oxygen atoms in total. The second-order valence-corrected chi connectivity index (χ2v) is 13.7. The van der Waals surface area contributed by atoms with Crippen LogP contribution in [0.4, 0.5) is 0 Å². The number of hydrogen-bond donors (Lipinski definition) is 4. The van der Waals surface area contributed by atoms with Crippen LogP contribution in [-0.4, -0.2) is 102 Å². The third-order valence-corrected chi connectivity index (χ3v) is 10.6. The number of hydrogen-bond acceptors (Lipinski definition) is 11. The summed E-state index contributed by atoms with van der Waals surface area (Å²) in [6, 6.07) is 12.9. The second-order valence-electron chi connectivity index (χ2n) is 13.7. The molecule has 0 saturated heterocycles. The molecule has 1 amide bonds. The molecule has 2 aromatic rings. The van der Waals surface area contributed by atoms with Crippen LogP contribution in [0.5, 0.6) is 11.5 Å². The van der Waals surface area contributed by atoms with Crippen molar-refractivity contribution in [2.45, 2.75) is 69.6 Å². The van der Waals surface area contributed by atoms with E-state index in [0.29, 0.717) is 42.0 Å². The van der Waals surface area contributed by atoms with E-state index in [-0.39, 0.29) is 82.0 Å². The van der Waals surface area contributed by atoms with Gasteiger partial charge in [0.2, 0.25) is 5.79 Å². The number of nitriles is 1. The molecule has 1 fully saturated rings. The second kappa shape index (κ2) is 19.2. The number of carbonyl (C=O) groups is 1. The van der Waals surface area contributed by atoms with Gasteiger partial charge in [0.15, 0.2) is 0 Å². The van der Waals surface area contributed by atoms with Crippen LogP contribution >= 0.6 is 0 Å². The van der Waals surface area contributed by atoms with Gasteiger partial charge in [-0.15, -0.1) is 6.58 Å². The van der Waals surface area contributed by atoms with Gasteiger partial charge < -0.3 is 44.4 Å². The van der Waals surface area contributed by atoms with E-state index in [4.69, 9.17) is 19.0 Å². The van der Waals surface area contributed by atoms with E-state index in [1.54, 1.807) is 53.4 Å². The van der Waals surface area contributed by atoms with E-state index in [9.17, 15) is 30.5 Å². The number of aliphatic hydroxyl groups excluding tert-OH is 3. The van der Waals surface area contributed by atoms with Gasteiger partial charge in [0.05, 0.1) is 49.7 Å². The first-order chi connectivity index (χ1) is 25.9. The zero-order valence-corrected chi connectivity index (χ0v) is 30.6. The third-order valence-electron chi connectivity index (χ3n) is 10.6. The fraction of sp³-hybridized carbons (Fsp3) is 0.537. The SMILES string of the molecule is C=CCOC12Oc3ccc(O)cc3C3C(CCCCO)C(CCCCO)C=C(C(=NOCC)CC1N(CCOCCO)C(=O)c1ccc(C#N)cc1)C32. The molecule has 4 N–H and O–H groups in total. The van der Waals surface area contributed by atoms with E-state index >= 15 is 0 Å². The number of phenols is 1. The highest BCUT2D eigenvalue weighted by Gasteiger charge is 2.65. The summed E-state index contributed by atoms with van der Waals surface area (Å²) in [5, 5.41) is 54.0. The number of aromatic hydroxyl groups is 1. The largest absolute Gasteiger partial charge is 0.508 e. The summed E-state index contributed by atoms with van der Waals surface area (Å²) < 4.78 is 19.8. The maximum absolute atomic E-state index is 14.7. The Morgan fingerprint density at radius 3 is 2.51 bits per heavy atom. The van der Waals surface area contributed by atoms with Crippen molar-refractivity contribution in [2.24, 2.45) is 22.9 Å². The molecule has 53 heavy (non-hydrogen) atoms. The smallest absolute Gasteiger partial charge is 0.254 e. The molecule has 5 rings (SSSR count). The minimum Gasteiger partial charge on any atom is -0.508 e. The van der Waals surface area contributed by atoms with Gasteiger partial charge in [-0.25, -0.2) is 0 Å². The number of carbonyl (C=O) groups excluding carboxylic acids is 1. The number of aliphatic hydroxyl groups is 3. The zero-order chi connectivity index (χ0) is 37.8. The van der Waals surface area contributed by atoms with E-state index in [2.05, 4.69) is 23.9 Å². The molecule has 3 aliphatic rings. The van der Waals surface area contributed by atoms with Crippen molar-refractivity contribution < 1.29 is 44.3 Å². The average molecular weight is 732 g/mol. The molecule has 2 aromatic carbocycles. The van der Waals surface area contributed by atoms with Crippen molar-refractivity contribution in [1.29, 1.82) is 5.26 Å². The lowest BCUT2D eigenvalue weighted by Crippen LogP contribution is -2.70. The van der Waals surface area contributed by atoms with Gasteiger partial charge in [0.25, 0.3) is 5.91 Å². The Morgan fingerprint density at radius 2 is 1.83 bits per heavy atom. The molecule has 0 bridgehead atoms. The van der Waals surface area contributed by atoms with Gasteiger partial charge in [-0.3, -0.25) is 4.79 Å². The number of unbranched alkanes of at least 4 members (excludes halogenated alkanes) is 2. The van der Waals surface area contributed by atoms with E-state index in [1.807, 2.05) is 6.92 Å². The number of oxime groups is 1. The summed E-state index contributed by atoms with van der Waals surface area (Å²) in [4.78, 5) is 22.2.